The van der Waals surface area contributed by atoms with Crippen LogP contribution in [-0.2, 0) is 11.2 Å². The number of benzene rings is 3. The second-order valence-corrected chi connectivity index (χ2v) is 10.5. The number of halogens is 5. The van der Waals surface area contributed by atoms with E-state index >= 15 is 0 Å². The van der Waals surface area contributed by atoms with E-state index in [1.807, 2.05) is 0 Å². The molecule has 186 valence electrons. The molecule has 3 aromatic rings. The number of aliphatic carboxylic acids is 1. The molecule has 1 amide bonds. The first-order valence-corrected chi connectivity index (χ1v) is 12.6. The Bertz CT molecular complexity index is 1370. The third-order valence-corrected chi connectivity index (χ3v) is 7.74. The Morgan fingerprint density at radius 3 is 2.36 bits per heavy atom. The fraction of sp³-hybridized carbons (Fsp3) is 0.231. The standard InChI is InChI=1S/C26H18Cl4FNO4/c27-16-2-1-3-17(28)23(16)25(33)32-20(26(34)35)7-11-4-5-14(22-18(29)8-13(31)9-19(22)30)24-21(11)15-6-12(15)10-36-24/h1-5,8-9,12,15,20H,6-7,10H2,(H,32,33)(H,34,35). The molecule has 1 aliphatic carbocycles. The van der Waals surface area contributed by atoms with Crippen molar-refractivity contribution < 1.29 is 23.8 Å². The van der Waals surface area contributed by atoms with Gasteiger partial charge in [-0.05, 0) is 42.2 Å². The van der Waals surface area contributed by atoms with Gasteiger partial charge in [0.2, 0.25) is 0 Å². The number of ether oxygens (including phenoxy) is 1. The van der Waals surface area contributed by atoms with Crippen molar-refractivity contribution in [1.29, 1.82) is 0 Å². The zero-order valence-electron chi connectivity index (χ0n) is 18.5. The molecule has 0 radical (unpaired) electrons. The zero-order chi connectivity index (χ0) is 25.7. The van der Waals surface area contributed by atoms with E-state index in [0.717, 1.165) is 12.0 Å². The summed E-state index contributed by atoms with van der Waals surface area (Å²) >= 11 is 24.9. The molecule has 0 aromatic heterocycles. The summed E-state index contributed by atoms with van der Waals surface area (Å²) in [5.41, 5.74) is 2.63. The average Bonchev–Trinajstić information content (AvgIpc) is 3.59. The van der Waals surface area contributed by atoms with E-state index in [1.165, 1.54) is 24.3 Å². The van der Waals surface area contributed by atoms with Gasteiger partial charge in [-0.2, -0.15) is 0 Å². The molecule has 2 N–H and O–H groups in total. The largest absolute Gasteiger partial charge is 0.492 e. The topological polar surface area (TPSA) is 75.6 Å². The third kappa shape index (κ3) is 4.63. The van der Waals surface area contributed by atoms with Crippen LogP contribution in [0.4, 0.5) is 4.39 Å². The van der Waals surface area contributed by atoms with E-state index in [2.05, 4.69) is 5.32 Å². The molecular formula is C26H18Cl4FNO4. The molecule has 5 rings (SSSR count). The summed E-state index contributed by atoms with van der Waals surface area (Å²) < 4.78 is 19.9. The minimum Gasteiger partial charge on any atom is -0.492 e. The minimum atomic E-state index is -1.25. The molecule has 0 saturated heterocycles. The van der Waals surface area contributed by atoms with Crippen LogP contribution in [0.1, 0.15) is 33.8 Å². The molecule has 1 fully saturated rings. The first-order chi connectivity index (χ1) is 17.2. The molecule has 5 nitrogen and oxygen atoms in total. The maximum Gasteiger partial charge on any atom is 0.326 e. The highest BCUT2D eigenvalue weighted by molar-refractivity contribution is 6.40. The van der Waals surface area contributed by atoms with Crippen LogP contribution in [0.3, 0.4) is 0 Å². The summed E-state index contributed by atoms with van der Waals surface area (Å²) in [6.07, 6.45) is 0.900. The Balaban J connectivity index is 1.52. The number of hydrogen-bond donors (Lipinski definition) is 2. The van der Waals surface area contributed by atoms with Gasteiger partial charge < -0.3 is 15.2 Å². The lowest BCUT2D eigenvalue weighted by Gasteiger charge is -2.25. The summed E-state index contributed by atoms with van der Waals surface area (Å²) in [6.45, 7) is 0.509. The highest BCUT2D eigenvalue weighted by Crippen LogP contribution is 2.58. The van der Waals surface area contributed by atoms with E-state index in [-0.39, 0.29) is 38.0 Å². The predicted molar refractivity (Wildman–Crippen MR) is 137 cm³/mol. The van der Waals surface area contributed by atoms with Crippen molar-refractivity contribution in [3.8, 4) is 16.9 Å². The summed E-state index contributed by atoms with van der Waals surface area (Å²) in [4.78, 5) is 25.0. The molecule has 0 bridgehead atoms. The van der Waals surface area contributed by atoms with Crippen molar-refractivity contribution >= 4 is 58.3 Å². The number of amides is 1. The van der Waals surface area contributed by atoms with Gasteiger partial charge in [0.15, 0.2) is 0 Å². The first kappa shape index (κ1) is 25.2. The lowest BCUT2D eigenvalue weighted by Crippen LogP contribution is -2.42. The Kier molecular flexibility index (Phi) is 6.81. The molecule has 1 saturated carbocycles. The first-order valence-electron chi connectivity index (χ1n) is 11.1. The van der Waals surface area contributed by atoms with Crippen molar-refractivity contribution in [1.82, 2.24) is 5.32 Å². The Hall–Kier alpha value is -2.51. The summed E-state index contributed by atoms with van der Waals surface area (Å²) in [7, 11) is 0. The molecule has 2 aliphatic rings. The fourth-order valence-corrected chi connectivity index (χ4v) is 5.95. The van der Waals surface area contributed by atoms with Crippen LogP contribution in [0.5, 0.6) is 5.75 Å². The molecule has 3 aromatic carbocycles. The number of nitrogens with one attached hydrogen (secondary N) is 1. The molecule has 10 heteroatoms. The molecule has 3 unspecified atom stereocenters. The maximum atomic E-state index is 13.8. The quantitative estimate of drug-likeness (QED) is 0.335. The molecule has 36 heavy (non-hydrogen) atoms. The van der Waals surface area contributed by atoms with Crippen LogP contribution >= 0.6 is 46.4 Å². The van der Waals surface area contributed by atoms with Gasteiger partial charge in [0.05, 0.1) is 32.3 Å². The van der Waals surface area contributed by atoms with Gasteiger partial charge in [0.25, 0.3) is 5.91 Å². The van der Waals surface area contributed by atoms with Gasteiger partial charge in [-0.25, -0.2) is 9.18 Å². The minimum absolute atomic E-state index is 0.00319. The average molecular weight is 569 g/mol. The van der Waals surface area contributed by atoms with Crippen LogP contribution in [0.15, 0.2) is 42.5 Å². The van der Waals surface area contributed by atoms with Crippen molar-refractivity contribution in [2.75, 3.05) is 6.61 Å². The Morgan fingerprint density at radius 1 is 1.06 bits per heavy atom. The number of rotatable bonds is 6. The lowest BCUT2D eigenvalue weighted by molar-refractivity contribution is -0.139. The number of carbonyl (C=O) groups is 2. The molecule has 3 atom stereocenters. The van der Waals surface area contributed by atoms with Crippen LogP contribution in [0, 0.1) is 11.7 Å². The number of hydrogen-bond acceptors (Lipinski definition) is 3. The smallest absolute Gasteiger partial charge is 0.326 e. The van der Waals surface area contributed by atoms with Gasteiger partial charge in [0.1, 0.15) is 17.6 Å². The predicted octanol–water partition coefficient (Wildman–Crippen LogP) is 7.03. The van der Waals surface area contributed by atoms with Crippen molar-refractivity contribution in [2.45, 2.75) is 24.8 Å². The van der Waals surface area contributed by atoms with Crippen molar-refractivity contribution in [2.24, 2.45) is 5.92 Å². The van der Waals surface area contributed by atoms with E-state index < -0.39 is 23.7 Å². The van der Waals surface area contributed by atoms with E-state index in [4.69, 9.17) is 51.1 Å². The van der Waals surface area contributed by atoms with E-state index in [0.29, 0.717) is 35.0 Å². The van der Waals surface area contributed by atoms with E-state index in [9.17, 15) is 19.1 Å². The van der Waals surface area contributed by atoms with Gasteiger partial charge in [-0.1, -0.05) is 64.6 Å². The number of carboxylic acid groups (broad SMARTS) is 1. The van der Waals surface area contributed by atoms with Gasteiger partial charge >= 0.3 is 5.97 Å². The highest BCUT2D eigenvalue weighted by Gasteiger charge is 2.46. The van der Waals surface area contributed by atoms with Crippen LogP contribution in [0.2, 0.25) is 20.1 Å². The van der Waals surface area contributed by atoms with Crippen LogP contribution in [-0.4, -0.2) is 29.6 Å². The van der Waals surface area contributed by atoms with Crippen molar-refractivity contribution in [3.05, 3.63) is 85.1 Å². The lowest BCUT2D eigenvalue weighted by atomic mass is 9.89. The second kappa shape index (κ2) is 9.75. The molecule has 0 spiro atoms. The number of fused-ring (bicyclic) bond motifs is 3. The number of carbonyl (C=O) groups excluding carboxylic acids is 1. The zero-order valence-corrected chi connectivity index (χ0v) is 21.5. The normalized spacial score (nSPS) is 18.5. The van der Waals surface area contributed by atoms with E-state index in [1.54, 1.807) is 18.2 Å². The Labute approximate surface area is 226 Å². The van der Waals surface area contributed by atoms with Gasteiger partial charge in [0, 0.05) is 29.0 Å². The summed E-state index contributed by atoms with van der Waals surface area (Å²) in [6, 6.07) is 9.22. The van der Waals surface area contributed by atoms with Gasteiger partial charge in [-0.15, -0.1) is 0 Å². The SMILES string of the molecule is O=C(NC(Cc1ccc(-c2c(Cl)cc(F)cc2Cl)c2c1C1CC1CO2)C(=O)O)c1c(Cl)cccc1Cl. The third-order valence-electron chi connectivity index (χ3n) is 6.52. The van der Waals surface area contributed by atoms with Crippen molar-refractivity contribution in [3.63, 3.8) is 0 Å². The Morgan fingerprint density at radius 2 is 1.72 bits per heavy atom. The van der Waals surface area contributed by atoms with Crippen LogP contribution in [0.25, 0.3) is 11.1 Å². The molecule has 1 heterocycles. The molecular weight excluding hydrogens is 551 g/mol. The summed E-state index contributed by atoms with van der Waals surface area (Å²) in [5.74, 6) is -1.39. The summed E-state index contributed by atoms with van der Waals surface area (Å²) in [5, 5.41) is 13.0. The van der Waals surface area contributed by atoms with Crippen LogP contribution < -0.4 is 10.1 Å². The second-order valence-electron chi connectivity index (χ2n) is 8.84. The molecule has 1 aliphatic heterocycles. The maximum absolute atomic E-state index is 13.8. The highest BCUT2D eigenvalue weighted by atomic mass is 35.5. The monoisotopic (exact) mass is 567 g/mol. The number of carboxylic acids is 1. The fourth-order valence-electron chi connectivity index (χ4n) is 4.72. The van der Waals surface area contributed by atoms with Gasteiger partial charge in [-0.3, -0.25) is 4.79 Å².